The average Bonchev–Trinajstić information content (AvgIpc) is 3.98. The molecule has 0 aliphatic heterocycles. The summed E-state index contributed by atoms with van der Waals surface area (Å²) in [4.78, 5) is 17.2. The minimum absolute atomic E-state index is 0.00986. The second-order valence-electron chi connectivity index (χ2n) is 14.8. The van der Waals surface area contributed by atoms with Crippen molar-refractivity contribution in [2.75, 3.05) is 87.4 Å². The number of ether oxygens (including phenoxy) is 4. The molecule has 7 aromatic rings. The lowest BCUT2D eigenvalue weighted by molar-refractivity contribution is 0.322. The molecule has 0 saturated heterocycles. The Balaban J connectivity index is 1.37. The maximum atomic E-state index is 12.7. The molecule has 382 valence electrons. The molecule has 29 heteroatoms. The number of nitrogens with one attached hydrogen (secondary N) is 2. The van der Waals surface area contributed by atoms with Gasteiger partial charge in [0.05, 0.1) is 79.6 Å². The minimum atomic E-state index is -4.81. The number of aromatic nitrogens is 5. The van der Waals surface area contributed by atoms with E-state index in [1.807, 2.05) is 27.7 Å². The normalized spacial score (nSPS) is 12.0. The highest BCUT2D eigenvalue weighted by Gasteiger charge is 2.27. The first-order chi connectivity index (χ1) is 34.5. The van der Waals surface area contributed by atoms with Crippen molar-refractivity contribution < 1.29 is 50.0 Å². The highest BCUT2D eigenvalue weighted by atomic mass is 32.2. The van der Waals surface area contributed by atoms with Gasteiger partial charge < -0.3 is 44.5 Å². The van der Waals surface area contributed by atoms with Gasteiger partial charge in [0.2, 0.25) is 11.9 Å². The Hall–Kier alpha value is -6.60. The van der Waals surface area contributed by atoms with Gasteiger partial charge in [-0.05, 0) is 87.2 Å². The number of anilines is 6. The maximum Gasteiger partial charge on any atom is 0.299 e. The van der Waals surface area contributed by atoms with E-state index in [1.54, 1.807) is 24.3 Å². The molecule has 7 rings (SSSR count). The Morgan fingerprint density at radius 3 is 1.35 bits per heavy atom. The maximum absolute atomic E-state index is 12.7. The quantitative estimate of drug-likeness (QED) is 0.0226. The third kappa shape index (κ3) is 11.4. The predicted molar refractivity (Wildman–Crippen MR) is 278 cm³/mol. The molecule has 0 spiro atoms. The van der Waals surface area contributed by atoms with Crippen LogP contribution in [0.1, 0.15) is 27.7 Å². The van der Waals surface area contributed by atoms with E-state index >= 15 is 0 Å². The predicted octanol–water partition coefficient (Wildman–Crippen LogP) is 9.71. The smallest absolute Gasteiger partial charge is 0.299 e. The Morgan fingerprint density at radius 2 is 1.00 bits per heavy atom. The number of fused-ring (bicyclic) bond motifs is 2. The monoisotopic (exact) mass is 1080 g/mol. The van der Waals surface area contributed by atoms with Gasteiger partial charge in [-0.3, -0.25) is 9.11 Å². The van der Waals surface area contributed by atoms with Gasteiger partial charge in [0.25, 0.3) is 20.2 Å². The summed E-state index contributed by atoms with van der Waals surface area (Å²) >= 11 is 2.87. The number of nitrogens with zero attached hydrogens (tertiary/aromatic N) is 11. The first-order valence-corrected chi connectivity index (χ1v) is 27.1. The summed E-state index contributed by atoms with van der Waals surface area (Å²) < 4.78 is 102. The summed E-state index contributed by atoms with van der Waals surface area (Å²) in [5.41, 5.74) is 2.91. The summed E-state index contributed by atoms with van der Waals surface area (Å²) in [6.45, 7) is 10.2. The molecule has 72 heavy (non-hydrogen) atoms. The molecule has 0 radical (unpaired) electrons. The van der Waals surface area contributed by atoms with Gasteiger partial charge in [0, 0.05) is 44.1 Å². The molecule has 0 aliphatic carbocycles. The van der Waals surface area contributed by atoms with E-state index in [0.717, 1.165) is 34.8 Å². The zero-order chi connectivity index (χ0) is 51.9. The fourth-order valence-corrected chi connectivity index (χ4v) is 11.3. The molecule has 0 fully saturated rings. The van der Waals surface area contributed by atoms with Crippen LogP contribution in [0, 0.1) is 0 Å². The van der Waals surface area contributed by atoms with Crippen molar-refractivity contribution in [1.82, 2.24) is 23.7 Å². The van der Waals surface area contributed by atoms with Gasteiger partial charge in [-0.15, -0.1) is 20.5 Å². The number of methoxy groups -OCH3 is 4. The Labute approximate surface area is 426 Å². The van der Waals surface area contributed by atoms with Crippen molar-refractivity contribution >= 4 is 133 Å². The van der Waals surface area contributed by atoms with Crippen molar-refractivity contribution in [2.24, 2.45) is 20.5 Å². The highest BCUT2D eigenvalue weighted by Crippen LogP contribution is 2.46. The Morgan fingerprint density at radius 1 is 0.597 bits per heavy atom. The third-order valence-corrected chi connectivity index (χ3v) is 14.9. The molecule has 0 unspecified atom stereocenters. The van der Waals surface area contributed by atoms with Gasteiger partial charge in [-0.2, -0.15) is 40.5 Å². The number of thioether (sulfide) groups is 1. The van der Waals surface area contributed by atoms with E-state index in [4.69, 9.17) is 23.9 Å². The first kappa shape index (κ1) is 53.2. The summed E-state index contributed by atoms with van der Waals surface area (Å²) in [5, 5.41) is 34.7. The van der Waals surface area contributed by atoms with E-state index in [-0.39, 0.29) is 84.1 Å². The Kier molecular flexibility index (Phi) is 16.9. The number of hydrogen-bond donors (Lipinski definition) is 5. The molecule has 0 bridgehead atoms. The second kappa shape index (κ2) is 22.9. The zero-order valence-electron chi connectivity index (χ0n) is 39.9. The zero-order valence-corrected chi connectivity index (χ0v) is 44.0. The molecule has 0 atom stereocenters. The fraction of sp³-hybridized carbons (Fsp3) is 0.326. The molecule has 3 heterocycles. The van der Waals surface area contributed by atoms with Gasteiger partial charge in [-0.1, -0.05) is 11.8 Å². The topological polar surface area (TPSA) is 310 Å². The lowest BCUT2D eigenvalue weighted by Crippen LogP contribution is -2.22. The van der Waals surface area contributed by atoms with Crippen molar-refractivity contribution in [3.05, 3.63) is 48.5 Å². The van der Waals surface area contributed by atoms with Crippen molar-refractivity contribution in [3.63, 3.8) is 0 Å². The standard InChI is InChI=1S/C43H49N13O11S5/c1-9-55(10-2)29-19-25(27(21-33(29)66-7)49-51-39-35-23(53-69-39)13-15-31(64-5)37(35)71(58,59)60)44-41-46-42(48-43(47-41)68-18-17-57)45-26-20-30(56(11-3)12-4)34(67-8)22-28(26)50-52-40-36-24(54-70-40)14-16-32(65-6)38(36)72(61,62)63/h13-16,19-22,57H,9-12,17-18H2,1-8H3,(H,58,59,60)(H,61,62,63)(H2,44,45,46,47,48)/b51-49+,52-50+. The van der Waals surface area contributed by atoms with Crippen LogP contribution in [0.3, 0.4) is 0 Å². The second-order valence-corrected chi connectivity index (χ2v) is 20.1. The average molecular weight is 1080 g/mol. The summed E-state index contributed by atoms with van der Waals surface area (Å²) in [6, 6.07) is 12.7. The number of benzene rings is 4. The van der Waals surface area contributed by atoms with Crippen LogP contribution < -0.4 is 39.4 Å². The Bertz CT molecular complexity index is 3190. The molecule has 5 N–H and O–H groups in total. The number of hydrogen-bond acceptors (Lipinski definition) is 25. The molecule has 0 amide bonds. The number of aliphatic hydroxyl groups excluding tert-OH is 1. The molecule has 4 aromatic carbocycles. The fourth-order valence-electron chi connectivity index (χ4n) is 7.46. The SMILES string of the molecule is CCN(CC)c1cc(Nc2nc(Nc3cc(N(CC)CC)c(OC)cc3/N=N/c3snc4ccc(OC)c(S(=O)(=O)O)c34)nc(SCCO)n2)c(/N=N/c2snc3ccc(OC)c(S(=O)(=O)O)c23)cc1OC. The van der Waals surface area contributed by atoms with Gasteiger partial charge in [0.1, 0.15) is 44.2 Å². The van der Waals surface area contributed by atoms with E-state index in [2.05, 4.69) is 59.6 Å². The summed E-state index contributed by atoms with van der Waals surface area (Å²) in [5.74, 6) is 0.922. The van der Waals surface area contributed by atoms with E-state index in [9.17, 15) is 31.0 Å². The van der Waals surface area contributed by atoms with Crippen LogP contribution in [0.25, 0.3) is 21.8 Å². The lowest BCUT2D eigenvalue weighted by Gasteiger charge is -2.25. The molecular weight excluding hydrogens is 1030 g/mol. The van der Waals surface area contributed by atoms with Crippen LogP contribution in [-0.2, 0) is 20.2 Å². The lowest BCUT2D eigenvalue weighted by atomic mass is 10.2. The summed E-state index contributed by atoms with van der Waals surface area (Å²) in [6.07, 6.45) is 0. The van der Waals surface area contributed by atoms with Crippen LogP contribution in [-0.4, -0.2) is 122 Å². The van der Waals surface area contributed by atoms with Gasteiger partial charge >= 0.3 is 0 Å². The van der Waals surface area contributed by atoms with Crippen LogP contribution in [0.4, 0.5) is 56.0 Å². The highest BCUT2D eigenvalue weighted by molar-refractivity contribution is 7.99. The first-order valence-electron chi connectivity index (χ1n) is 21.7. The number of aliphatic hydroxyl groups is 1. The molecule has 3 aromatic heterocycles. The molecule has 24 nitrogen and oxygen atoms in total. The van der Waals surface area contributed by atoms with Gasteiger partial charge in [0.15, 0.2) is 15.2 Å². The van der Waals surface area contributed by atoms with Gasteiger partial charge in [-0.25, -0.2) is 0 Å². The van der Waals surface area contributed by atoms with Crippen molar-refractivity contribution in [2.45, 2.75) is 42.6 Å². The van der Waals surface area contributed by atoms with Crippen LogP contribution in [0.15, 0.2) is 83.9 Å². The van der Waals surface area contributed by atoms with Crippen molar-refractivity contribution in [1.29, 1.82) is 0 Å². The third-order valence-electron chi connectivity index (χ3n) is 10.8. The summed E-state index contributed by atoms with van der Waals surface area (Å²) in [7, 11) is -4.05. The van der Waals surface area contributed by atoms with Crippen LogP contribution >= 0.6 is 34.8 Å². The van der Waals surface area contributed by atoms with E-state index in [1.165, 1.54) is 52.7 Å². The molecular formula is C43H49N13O11S5. The largest absolute Gasteiger partial charge is 0.495 e. The van der Waals surface area contributed by atoms with Crippen molar-refractivity contribution in [3.8, 4) is 23.0 Å². The van der Waals surface area contributed by atoms with E-state index < -0.39 is 30.0 Å². The van der Waals surface area contributed by atoms with Crippen LogP contribution in [0.2, 0.25) is 0 Å². The molecule has 0 saturated carbocycles. The van der Waals surface area contributed by atoms with Crippen LogP contribution in [0.5, 0.6) is 23.0 Å². The van der Waals surface area contributed by atoms with E-state index in [0.29, 0.717) is 60.4 Å². The number of rotatable bonds is 23. The molecule has 0 aliphatic rings. The number of azo groups is 2. The minimum Gasteiger partial charge on any atom is -0.495 e.